The highest BCUT2D eigenvalue weighted by molar-refractivity contribution is 7.92. The smallest absolute Gasteiger partial charge is 0.244 e. The van der Waals surface area contributed by atoms with E-state index in [0.29, 0.717) is 18.5 Å². The molecule has 0 aliphatic carbocycles. The molecule has 1 aromatic carbocycles. The third-order valence-electron chi connectivity index (χ3n) is 3.30. The summed E-state index contributed by atoms with van der Waals surface area (Å²) in [5.41, 5.74) is 7.09. The van der Waals surface area contributed by atoms with Crippen LogP contribution in [-0.4, -0.2) is 31.9 Å². The summed E-state index contributed by atoms with van der Waals surface area (Å²) in [6.07, 6.45) is 4.34. The lowest BCUT2D eigenvalue weighted by Crippen LogP contribution is -2.33. The summed E-state index contributed by atoms with van der Waals surface area (Å²) in [6, 6.07) is 7.16. The first kappa shape index (κ1) is 14.6. The Kier molecular flexibility index (Phi) is 4.44. The third-order valence-corrected chi connectivity index (χ3v) is 5.58. The van der Waals surface area contributed by atoms with E-state index in [9.17, 15) is 13.2 Å². The zero-order chi connectivity index (χ0) is 14.6. The number of rotatable bonds is 4. The lowest BCUT2D eigenvalue weighted by Gasteiger charge is -2.09. The summed E-state index contributed by atoms with van der Waals surface area (Å²) in [5, 5.41) is 2.19. The molecule has 108 valence electrons. The van der Waals surface area contributed by atoms with Crippen LogP contribution in [-0.2, 0) is 14.6 Å². The molecule has 1 aromatic rings. The first-order valence-electron chi connectivity index (χ1n) is 6.50. The number of anilines is 1. The van der Waals surface area contributed by atoms with Crippen molar-refractivity contribution in [2.75, 3.05) is 18.0 Å². The minimum Gasteiger partial charge on any atom is -0.399 e. The van der Waals surface area contributed by atoms with Gasteiger partial charge in [0.1, 0.15) is 0 Å². The van der Waals surface area contributed by atoms with Crippen LogP contribution in [0.2, 0.25) is 0 Å². The molecule has 0 radical (unpaired) electrons. The lowest BCUT2D eigenvalue weighted by molar-refractivity contribution is -0.116. The van der Waals surface area contributed by atoms with Gasteiger partial charge in [-0.2, -0.15) is 0 Å². The van der Waals surface area contributed by atoms with Crippen LogP contribution in [0.25, 0.3) is 6.08 Å². The van der Waals surface area contributed by atoms with E-state index in [-0.39, 0.29) is 18.2 Å². The van der Waals surface area contributed by atoms with Gasteiger partial charge in [-0.1, -0.05) is 12.1 Å². The Hall–Kier alpha value is -1.82. The predicted octanol–water partition coefficient (Wildman–Crippen LogP) is 0.975. The van der Waals surface area contributed by atoms with Gasteiger partial charge in [-0.25, -0.2) is 8.42 Å². The normalized spacial score (nSPS) is 21.1. The summed E-state index contributed by atoms with van der Waals surface area (Å²) in [7, 11) is -3.01. The molecule has 0 bridgehead atoms. The number of nitrogen functional groups attached to an aromatic ring is 1. The second-order valence-corrected chi connectivity index (χ2v) is 7.28. The Balaban J connectivity index is 1.87. The Morgan fingerprint density at radius 1 is 1.45 bits per heavy atom. The number of hydrogen-bond acceptors (Lipinski definition) is 4. The number of carbonyl (C=O) groups excluding carboxylic acids is 1. The van der Waals surface area contributed by atoms with E-state index in [1.807, 2.05) is 6.07 Å². The lowest BCUT2D eigenvalue weighted by atomic mass is 10.2. The fourth-order valence-electron chi connectivity index (χ4n) is 2.20. The van der Waals surface area contributed by atoms with Crippen LogP contribution in [0.5, 0.6) is 0 Å². The average Bonchev–Trinajstić information content (AvgIpc) is 2.73. The van der Waals surface area contributed by atoms with Crippen LogP contribution < -0.4 is 11.1 Å². The Bertz CT molecular complexity index is 623. The summed E-state index contributed by atoms with van der Waals surface area (Å²) < 4.78 is 23.2. The van der Waals surface area contributed by atoms with E-state index in [1.54, 1.807) is 24.3 Å². The van der Waals surface area contributed by atoms with Crippen LogP contribution in [0, 0.1) is 0 Å². The van der Waals surface area contributed by atoms with Crippen molar-refractivity contribution in [2.24, 2.45) is 0 Å². The number of hydrogen-bond donors (Lipinski definition) is 2. The molecule has 1 aliphatic heterocycles. The summed E-state index contributed by atoms with van der Waals surface area (Å²) in [4.78, 5) is 11.6. The van der Waals surface area contributed by atoms with Gasteiger partial charge in [0.2, 0.25) is 5.91 Å². The van der Waals surface area contributed by atoms with Gasteiger partial charge < -0.3 is 11.1 Å². The number of benzene rings is 1. The number of nitrogens with one attached hydrogen (secondary N) is 1. The van der Waals surface area contributed by atoms with Crippen molar-refractivity contribution < 1.29 is 13.2 Å². The fourth-order valence-corrected chi connectivity index (χ4v) is 3.96. The maximum absolute atomic E-state index is 11.6. The molecular formula is C14H18N2O3S. The van der Waals surface area contributed by atoms with Gasteiger partial charge in [-0.15, -0.1) is 0 Å². The van der Waals surface area contributed by atoms with Crippen molar-refractivity contribution in [3.8, 4) is 0 Å². The summed E-state index contributed by atoms with van der Waals surface area (Å²) in [6.45, 7) is 0.183. The molecule has 1 fully saturated rings. The van der Waals surface area contributed by atoms with Crippen LogP contribution in [0.4, 0.5) is 5.69 Å². The van der Waals surface area contributed by atoms with Crippen LogP contribution >= 0.6 is 0 Å². The molecule has 1 saturated heterocycles. The van der Waals surface area contributed by atoms with E-state index >= 15 is 0 Å². The van der Waals surface area contributed by atoms with Crippen molar-refractivity contribution >= 4 is 27.5 Å². The first-order valence-corrected chi connectivity index (χ1v) is 8.22. The largest absolute Gasteiger partial charge is 0.399 e. The molecule has 1 unspecified atom stereocenters. The Morgan fingerprint density at radius 3 is 2.90 bits per heavy atom. The molecular weight excluding hydrogens is 276 g/mol. The molecule has 1 aliphatic rings. The molecule has 5 nitrogen and oxygen atoms in total. The van der Waals surface area contributed by atoms with Crippen LogP contribution in [0.15, 0.2) is 30.3 Å². The van der Waals surface area contributed by atoms with Gasteiger partial charge in [0, 0.05) is 18.3 Å². The van der Waals surface area contributed by atoms with Crippen molar-refractivity contribution in [3.05, 3.63) is 35.9 Å². The average molecular weight is 294 g/mol. The maximum Gasteiger partial charge on any atom is 0.244 e. The Labute approximate surface area is 118 Å². The van der Waals surface area contributed by atoms with Crippen LogP contribution in [0.3, 0.4) is 0 Å². The highest BCUT2D eigenvalue weighted by atomic mass is 32.2. The van der Waals surface area contributed by atoms with E-state index in [1.165, 1.54) is 6.08 Å². The Morgan fingerprint density at radius 2 is 2.25 bits per heavy atom. The number of carbonyl (C=O) groups is 1. The minimum atomic E-state index is -3.01. The zero-order valence-corrected chi connectivity index (χ0v) is 11.9. The maximum atomic E-state index is 11.6. The minimum absolute atomic E-state index is 0.183. The van der Waals surface area contributed by atoms with Crippen LogP contribution in [0.1, 0.15) is 18.4 Å². The molecule has 2 rings (SSSR count). The molecule has 1 atom stereocenters. The quantitative estimate of drug-likeness (QED) is 0.640. The van der Waals surface area contributed by atoms with Crippen molar-refractivity contribution in [1.82, 2.24) is 5.32 Å². The fraction of sp³-hybridized carbons (Fsp3) is 0.357. The predicted molar refractivity (Wildman–Crippen MR) is 79.7 cm³/mol. The van der Waals surface area contributed by atoms with Gasteiger partial charge >= 0.3 is 0 Å². The molecule has 1 heterocycles. The van der Waals surface area contributed by atoms with Crippen molar-refractivity contribution in [3.63, 3.8) is 0 Å². The van der Waals surface area contributed by atoms with E-state index < -0.39 is 15.1 Å². The second-order valence-electron chi connectivity index (χ2n) is 4.88. The van der Waals surface area contributed by atoms with Gasteiger partial charge in [0.15, 0.2) is 9.84 Å². The van der Waals surface area contributed by atoms with E-state index in [4.69, 9.17) is 5.73 Å². The number of amides is 1. The third kappa shape index (κ3) is 3.84. The molecule has 20 heavy (non-hydrogen) atoms. The monoisotopic (exact) mass is 294 g/mol. The first-order chi connectivity index (χ1) is 9.47. The zero-order valence-electron chi connectivity index (χ0n) is 11.1. The van der Waals surface area contributed by atoms with Gasteiger partial charge in [-0.3, -0.25) is 4.79 Å². The molecule has 0 spiro atoms. The standard InChI is InChI=1S/C14H18N2O3S/c15-12-4-1-3-11(9-12)6-7-14(17)16-10-13-5-2-8-20(13,18)19/h1,3-4,6-7,9,13H,2,5,8,10,15H2,(H,16,17)/b7-6+. The summed E-state index contributed by atoms with van der Waals surface area (Å²) in [5.74, 6) is -0.0679. The van der Waals surface area contributed by atoms with Crippen molar-refractivity contribution in [2.45, 2.75) is 18.1 Å². The van der Waals surface area contributed by atoms with Crippen molar-refractivity contribution in [1.29, 1.82) is 0 Å². The molecule has 0 saturated carbocycles. The SMILES string of the molecule is Nc1cccc(/C=C/C(=O)NCC2CCCS2(=O)=O)c1. The van der Waals surface area contributed by atoms with E-state index in [0.717, 1.165) is 5.56 Å². The highest BCUT2D eigenvalue weighted by Gasteiger charge is 2.30. The van der Waals surface area contributed by atoms with Gasteiger partial charge in [0.05, 0.1) is 11.0 Å². The summed E-state index contributed by atoms with van der Waals surface area (Å²) >= 11 is 0. The van der Waals surface area contributed by atoms with Gasteiger partial charge in [0.25, 0.3) is 0 Å². The molecule has 6 heteroatoms. The molecule has 1 amide bonds. The highest BCUT2D eigenvalue weighted by Crippen LogP contribution is 2.18. The number of nitrogens with two attached hydrogens (primary N) is 1. The second kappa shape index (κ2) is 6.09. The molecule has 0 aromatic heterocycles. The number of sulfone groups is 1. The molecule has 3 N–H and O–H groups in total. The van der Waals surface area contributed by atoms with Gasteiger partial charge in [-0.05, 0) is 36.6 Å². The van der Waals surface area contributed by atoms with E-state index in [2.05, 4.69) is 5.32 Å². The topological polar surface area (TPSA) is 89.3 Å².